The van der Waals surface area contributed by atoms with Gasteiger partial charge >= 0.3 is 0 Å². The van der Waals surface area contributed by atoms with E-state index in [9.17, 15) is 4.79 Å². The predicted molar refractivity (Wildman–Crippen MR) is 79.8 cm³/mol. The van der Waals surface area contributed by atoms with Crippen LogP contribution in [0.4, 0.5) is 0 Å². The van der Waals surface area contributed by atoms with E-state index in [-0.39, 0.29) is 12.0 Å². The molecule has 3 heterocycles. The highest BCUT2D eigenvalue weighted by molar-refractivity contribution is 5.81. The minimum Gasteiger partial charge on any atom is -0.368 e. The second kappa shape index (κ2) is 6.54. The zero-order valence-corrected chi connectivity index (χ0v) is 12.6. The van der Waals surface area contributed by atoms with Crippen molar-refractivity contribution in [2.75, 3.05) is 32.8 Å². The third kappa shape index (κ3) is 3.24. The molecule has 0 radical (unpaired) electrons. The maximum Gasteiger partial charge on any atom is 0.251 e. The van der Waals surface area contributed by atoms with Crippen LogP contribution in [0, 0.1) is 0 Å². The summed E-state index contributed by atoms with van der Waals surface area (Å²) in [5, 5.41) is 0. The van der Waals surface area contributed by atoms with E-state index in [4.69, 9.17) is 4.74 Å². The van der Waals surface area contributed by atoms with Gasteiger partial charge in [0.05, 0.1) is 5.69 Å². The Morgan fingerprint density at radius 2 is 2.14 bits per heavy atom. The normalized spacial score (nSPS) is 25.0. The largest absolute Gasteiger partial charge is 0.368 e. The lowest BCUT2D eigenvalue weighted by molar-refractivity contribution is -0.143. The number of aromatic nitrogens is 1. The second-order valence-electron chi connectivity index (χ2n) is 5.79. The van der Waals surface area contributed by atoms with Crippen molar-refractivity contribution in [1.29, 1.82) is 0 Å². The number of piperazine rings is 1. The average Bonchev–Trinajstić information content (AvgIpc) is 3.09. The van der Waals surface area contributed by atoms with Gasteiger partial charge in [-0.25, -0.2) is 0 Å². The Morgan fingerprint density at radius 3 is 2.76 bits per heavy atom. The first-order valence-corrected chi connectivity index (χ1v) is 7.81. The Bertz CT molecular complexity index is 466. The lowest BCUT2D eigenvalue weighted by Crippen LogP contribution is -2.51. The number of rotatable bonds is 3. The summed E-state index contributed by atoms with van der Waals surface area (Å²) < 4.78 is 5.50. The van der Waals surface area contributed by atoms with Gasteiger partial charge in [0.1, 0.15) is 6.10 Å². The highest BCUT2D eigenvalue weighted by Gasteiger charge is 2.31. The quantitative estimate of drug-likeness (QED) is 0.845. The SMILES string of the molecule is C[C@H](c1ccccn1)N1CCN(C(=O)[C@@H]2CCCO2)CC1. The molecule has 0 spiro atoms. The molecule has 2 atom stereocenters. The summed E-state index contributed by atoms with van der Waals surface area (Å²) >= 11 is 0. The molecule has 0 aromatic carbocycles. The molecular formula is C16H23N3O2. The molecule has 1 aromatic rings. The Kier molecular flexibility index (Phi) is 4.51. The van der Waals surface area contributed by atoms with Crippen molar-refractivity contribution in [3.05, 3.63) is 30.1 Å². The summed E-state index contributed by atoms with van der Waals surface area (Å²) in [6, 6.07) is 6.32. The zero-order chi connectivity index (χ0) is 14.7. The third-order valence-corrected chi connectivity index (χ3v) is 4.49. The molecule has 0 unspecified atom stereocenters. The Balaban J connectivity index is 1.54. The number of carbonyl (C=O) groups is 1. The van der Waals surface area contributed by atoms with Crippen LogP contribution in [0.5, 0.6) is 0 Å². The number of hydrogen-bond acceptors (Lipinski definition) is 4. The fourth-order valence-electron chi connectivity index (χ4n) is 3.12. The molecule has 21 heavy (non-hydrogen) atoms. The highest BCUT2D eigenvalue weighted by Crippen LogP contribution is 2.21. The smallest absolute Gasteiger partial charge is 0.251 e. The molecule has 114 valence electrons. The minimum absolute atomic E-state index is 0.178. The van der Waals surface area contributed by atoms with Crippen molar-refractivity contribution in [1.82, 2.24) is 14.8 Å². The van der Waals surface area contributed by atoms with E-state index in [1.54, 1.807) is 0 Å². The molecule has 2 fully saturated rings. The first-order valence-electron chi connectivity index (χ1n) is 7.81. The maximum atomic E-state index is 12.3. The van der Waals surface area contributed by atoms with Gasteiger partial charge in [0.25, 0.3) is 5.91 Å². The monoisotopic (exact) mass is 289 g/mol. The summed E-state index contributed by atoms with van der Waals surface area (Å²) in [5.41, 5.74) is 1.09. The van der Waals surface area contributed by atoms with Crippen molar-refractivity contribution in [2.45, 2.75) is 31.9 Å². The lowest BCUT2D eigenvalue weighted by Gasteiger charge is -2.38. The van der Waals surface area contributed by atoms with Crippen LogP contribution in [0.2, 0.25) is 0 Å². The first-order chi connectivity index (χ1) is 10.3. The van der Waals surface area contributed by atoms with Crippen molar-refractivity contribution < 1.29 is 9.53 Å². The Morgan fingerprint density at radius 1 is 1.33 bits per heavy atom. The third-order valence-electron chi connectivity index (χ3n) is 4.49. The van der Waals surface area contributed by atoms with Crippen LogP contribution in [0.3, 0.4) is 0 Å². The van der Waals surface area contributed by atoms with Gasteiger partial charge in [0.15, 0.2) is 0 Å². The fraction of sp³-hybridized carbons (Fsp3) is 0.625. The van der Waals surface area contributed by atoms with Crippen LogP contribution >= 0.6 is 0 Å². The molecule has 3 rings (SSSR count). The summed E-state index contributed by atoms with van der Waals surface area (Å²) in [5.74, 6) is 0.178. The van der Waals surface area contributed by atoms with Gasteiger partial charge in [0.2, 0.25) is 0 Å². The maximum absolute atomic E-state index is 12.3. The van der Waals surface area contributed by atoms with E-state index in [0.717, 1.165) is 51.3 Å². The van der Waals surface area contributed by atoms with Gasteiger partial charge in [-0.2, -0.15) is 0 Å². The molecule has 0 saturated carbocycles. The Hall–Kier alpha value is -1.46. The predicted octanol–water partition coefficient (Wildman–Crippen LogP) is 1.47. The van der Waals surface area contributed by atoms with Gasteiger partial charge < -0.3 is 9.64 Å². The minimum atomic E-state index is -0.190. The van der Waals surface area contributed by atoms with Gasteiger partial charge in [-0.15, -0.1) is 0 Å². The molecule has 0 N–H and O–H groups in total. The summed E-state index contributed by atoms with van der Waals surface area (Å²) in [6.45, 7) is 6.28. The number of ether oxygens (including phenoxy) is 1. The van der Waals surface area contributed by atoms with Crippen LogP contribution in [0.15, 0.2) is 24.4 Å². The zero-order valence-electron chi connectivity index (χ0n) is 12.6. The molecule has 1 aromatic heterocycles. The lowest BCUT2D eigenvalue weighted by atomic mass is 10.1. The van der Waals surface area contributed by atoms with Crippen LogP contribution in [0.1, 0.15) is 31.5 Å². The molecule has 2 aliphatic heterocycles. The van der Waals surface area contributed by atoms with E-state index in [0.29, 0.717) is 6.04 Å². The van der Waals surface area contributed by atoms with E-state index < -0.39 is 0 Å². The number of hydrogen-bond donors (Lipinski definition) is 0. The van der Waals surface area contributed by atoms with Crippen LogP contribution in [-0.2, 0) is 9.53 Å². The first kappa shape index (κ1) is 14.5. The van der Waals surface area contributed by atoms with Crippen molar-refractivity contribution in [3.8, 4) is 0 Å². The topological polar surface area (TPSA) is 45.7 Å². The van der Waals surface area contributed by atoms with Gasteiger partial charge in [-0.1, -0.05) is 6.07 Å². The molecule has 5 heteroatoms. The Labute approximate surface area is 125 Å². The molecule has 1 amide bonds. The van der Waals surface area contributed by atoms with Gasteiger partial charge in [-0.05, 0) is 31.9 Å². The van der Waals surface area contributed by atoms with Gasteiger partial charge in [-0.3, -0.25) is 14.7 Å². The van der Waals surface area contributed by atoms with Crippen molar-refractivity contribution in [2.24, 2.45) is 0 Å². The van der Waals surface area contributed by atoms with E-state index >= 15 is 0 Å². The molecular weight excluding hydrogens is 266 g/mol. The van der Waals surface area contributed by atoms with Crippen molar-refractivity contribution in [3.63, 3.8) is 0 Å². The fourth-order valence-corrected chi connectivity index (χ4v) is 3.12. The number of carbonyl (C=O) groups excluding carboxylic acids is 1. The molecule has 2 aliphatic rings. The van der Waals surface area contributed by atoms with Crippen LogP contribution < -0.4 is 0 Å². The number of nitrogens with zero attached hydrogens (tertiary/aromatic N) is 3. The van der Waals surface area contributed by atoms with E-state index in [1.165, 1.54) is 0 Å². The number of amides is 1. The van der Waals surface area contributed by atoms with Gasteiger partial charge in [0, 0.05) is 45.0 Å². The second-order valence-corrected chi connectivity index (χ2v) is 5.79. The highest BCUT2D eigenvalue weighted by atomic mass is 16.5. The molecule has 0 bridgehead atoms. The summed E-state index contributed by atoms with van der Waals surface area (Å²) in [7, 11) is 0. The number of pyridine rings is 1. The summed E-state index contributed by atoms with van der Waals surface area (Å²) in [6.07, 6.45) is 3.53. The van der Waals surface area contributed by atoms with E-state index in [2.05, 4.69) is 22.9 Å². The summed E-state index contributed by atoms with van der Waals surface area (Å²) in [4.78, 5) is 21.1. The van der Waals surface area contributed by atoms with Crippen LogP contribution in [0.25, 0.3) is 0 Å². The van der Waals surface area contributed by atoms with Crippen molar-refractivity contribution >= 4 is 5.91 Å². The standard InChI is InChI=1S/C16H23N3O2/c1-13(14-5-2-3-7-17-14)18-8-10-19(11-9-18)16(20)15-6-4-12-21-15/h2-3,5,7,13,15H,4,6,8-12H2,1H3/t13-,15+/m1/s1. The average molecular weight is 289 g/mol. The van der Waals surface area contributed by atoms with E-state index in [1.807, 2.05) is 23.2 Å². The molecule has 5 nitrogen and oxygen atoms in total. The molecule has 2 saturated heterocycles. The van der Waals surface area contributed by atoms with Crippen LogP contribution in [-0.4, -0.2) is 59.6 Å². The molecule has 0 aliphatic carbocycles.